The lowest BCUT2D eigenvalue weighted by Gasteiger charge is -2.20. The first-order valence-electron chi connectivity index (χ1n) is 5.67. The predicted molar refractivity (Wildman–Crippen MR) is 64.0 cm³/mol. The van der Waals surface area contributed by atoms with Gasteiger partial charge in [0.2, 0.25) is 0 Å². The van der Waals surface area contributed by atoms with Gasteiger partial charge in [0.15, 0.2) is 0 Å². The molecule has 96 valence electrons. The van der Waals surface area contributed by atoms with Crippen molar-refractivity contribution in [3.05, 3.63) is 29.6 Å². The third kappa shape index (κ3) is 2.06. The van der Waals surface area contributed by atoms with E-state index in [1.165, 1.54) is 4.90 Å². The number of nitrogens with zero attached hydrogens (tertiary/aromatic N) is 2. The van der Waals surface area contributed by atoms with E-state index in [0.717, 1.165) is 0 Å². The first-order chi connectivity index (χ1) is 8.44. The molecule has 6 nitrogen and oxygen atoms in total. The van der Waals surface area contributed by atoms with E-state index in [0.29, 0.717) is 17.8 Å². The zero-order valence-electron chi connectivity index (χ0n) is 10.1. The normalized spacial score (nSPS) is 23.1. The molecule has 1 aliphatic heterocycles. The summed E-state index contributed by atoms with van der Waals surface area (Å²) in [6.45, 7) is 2.14. The maximum Gasteiger partial charge on any atom is 0.325 e. The molecule has 1 atom stereocenters. The molecular weight excluding hydrogens is 234 g/mol. The molecule has 1 amide bonds. The summed E-state index contributed by atoms with van der Waals surface area (Å²) in [6.07, 6.45) is 1.88. The van der Waals surface area contributed by atoms with Crippen molar-refractivity contribution < 1.29 is 14.7 Å². The van der Waals surface area contributed by atoms with Gasteiger partial charge in [-0.15, -0.1) is 0 Å². The van der Waals surface area contributed by atoms with Crippen LogP contribution in [0.4, 0.5) is 0 Å². The number of hydrogen-bond acceptors (Lipinski definition) is 4. The number of nitrogens with two attached hydrogens (primary N) is 1. The maximum atomic E-state index is 12.2. The van der Waals surface area contributed by atoms with Crippen LogP contribution in [0.5, 0.6) is 0 Å². The van der Waals surface area contributed by atoms with Gasteiger partial charge in [0.1, 0.15) is 5.54 Å². The van der Waals surface area contributed by atoms with Gasteiger partial charge in [-0.2, -0.15) is 0 Å². The molecule has 0 spiro atoms. The molecule has 0 aliphatic carbocycles. The number of likely N-dealkylation sites (tertiary alicyclic amines) is 1. The van der Waals surface area contributed by atoms with Gasteiger partial charge in [0.05, 0.1) is 5.56 Å². The molecule has 0 saturated carbocycles. The molecule has 1 saturated heterocycles. The molecule has 3 N–H and O–H groups in total. The number of amides is 1. The number of aryl methyl sites for hydroxylation is 1. The van der Waals surface area contributed by atoms with E-state index in [1.54, 1.807) is 25.3 Å². The Bertz CT molecular complexity index is 503. The van der Waals surface area contributed by atoms with Crippen LogP contribution in [0.3, 0.4) is 0 Å². The molecule has 1 aromatic rings. The van der Waals surface area contributed by atoms with Gasteiger partial charge < -0.3 is 15.7 Å². The third-order valence-corrected chi connectivity index (χ3v) is 3.25. The summed E-state index contributed by atoms with van der Waals surface area (Å²) in [5.74, 6) is -1.28. The van der Waals surface area contributed by atoms with Gasteiger partial charge in [0, 0.05) is 25.0 Å². The number of aromatic nitrogens is 1. The van der Waals surface area contributed by atoms with Gasteiger partial charge in [-0.25, -0.2) is 0 Å². The average Bonchev–Trinajstić information content (AvgIpc) is 2.73. The Hall–Kier alpha value is -1.95. The summed E-state index contributed by atoms with van der Waals surface area (Å²) < 4.78 is 0. The molecule has 6 heteroatoms. The van der Waals surface area contributed by atoms with Crippen molar-refractivity contribution in [3.63, 3.8) is 0 Å². The number of aliphatic carboxylic acids is 1. The van der Waals surface area contributed by atoms with E-state index in [4.69, 9.17) is 10.8 Å². The SMILES string of the molecule is Cc1ncccc1C(=O)N1CCC(N)(C(=O)O)C1. The van der Waals surface area contributed by atoms with E-state index in [1.807, 2.05) is 0 Å². The van der Waals surface area contributed by atoms with Crippen LogP contribution in [0.2, 0.25) is 0 Å². The summed E-state index contributed by atoms with van der Waals surface area (Å²) in [6, 6.07) is 3.37. The summed E-state index contributed by atoms with van der Waals surface area (Å²) >= 11 is 0. The Labute approximate surface area is 104 Å². The molecule has 1 unspecified atom stereocenters. The predicted octanol–water partition coefficient (Wildman–Crippen LogP) is 0.0180. The van der Waals surface area contributed by atoms with Crippen molar-refractivity contribution >= 4 is 11.9 Å². The van der Waals surface area contributed by atoms with Gasteiger partial charge >= 0.3 is 5.97 Å². The van der Waals surface area contributed by atoms with Crippen LogP contribution in [0.1, 0.15) is 22.5 Å². The summed E-state index contributed by atoms with van der Waals surface area (Å²) in [4.78, 5) is 28.8. The Morgan fingerprint density at radius 2 is 2.28 bits per heavy atom. The zero-order chi connectivity index (χ0) is 13.3. The zero-order valence-corrected chi connectivity index (χ0v) is 10.1. The lowest BCUT2D eigenvalue weighted by atomic mass is 10.0. The number of rotatable bonds is 2. The minimum Gasteiger partial charge on any atom is -0.480 e. The minimum absolute atomic E-state index is 0.0372. The fraction of sp³-hybridized carbons (Fsp3) is 0.417. The van der Waals surface area contributed by atoms with E-state index < -0.39 is 11.5 Å². The lowest BCUT2D eigenvalue weighted by molar-refractivity contribution is -0.142. The van der Waals surface area contributed by atoms with Crippen LogP contribution < -0.4 is 5.73 Å². The molecule has 1 aromatic heterocycles. The van der Waals surface area contributed by atoms with Crippen molar-refractivity contribution in [1.82, 2.24) is 9.88 Å². The van der Waals surface area contributed by atoms with Gasteiger partial charge in [-0.1, -0.05) is 0 Å². The third-order valence-electron chi connectivity index (χ3n) is 3.25. The highest BCUT2D eigenvalue weighted by Crippen LogP contribution is 2.21. The fourth-order valence-corrected chi connectivity index (χ4v) is 2.06. The molecule has 2 rings (SSSR count). The topological polar surface area (TPSA) is 96.5 Å². The molecular formula is C12H15N3O3. The summed E-state index contributed by atoms with van der Waals surface area (Å²) in [7, 11) is 0. The number of hydrogen-bond donors (Lipinski definition) is 2. The first-order valence-corrected chi connectivity index (χ1v) is 5.67. The van der Waals surface area contributed by atoms with Crippen LogP contribution in [-0.4, -0.2) is 45.5 Å². The monoisotopic (exact) mass is 249 g/mol. The highest BCUT2D eigenvalue weighted by atomic mass is 16.4. The smallest absolute Gasteiger partial charge is 0.325 e. The van der Waals surface area contributed by atoms with Gasteiger partial charge in [0.25, 0.3) is 5.91 Å². The molecule has 2 heterocycles. The molecule has 18 heavy (non-hydrogen) atoms. The Morgan fingerprint density at radius 1 is 1.56 bits per heavy atom. The Balaban J connectivity index is 2.18. The second-order valence-corrected chi connectivity index (χ2v) is 4.57. The van der Waals surface area contributed by atoms with Crippen molar-refractivity contribution in [2.75, 3.05) is 13.1 Å². The summed E-state index contributed by atoms with van der Waals surface area (Å²) in [5, 5.41) is 9.02. The number of pyridine rings is 1. The van der Waals surface area contributed by atoms with E-state index in [2.05, 4.69) is 4.98 Å². The van der Waals surface area contributed by atoms with Crippen molar-refractivity contribution in [3.8, 4) is 0 Å². The van der Waals surface area contributed by atoms with E-state index >= 15 is 0 Å². The van der Waals surface area contributed by atoms with E-state index in [9.17, 15) is 9.59 Å². The second kappa shape index (κ2) is 4.38. The number of carbonyl (C=O) groups excluding carboxylic acids is 1. The average molecular weight is 249 g/mol. The fourth-order valence-electron chi connectivity index (χ4n) is 2.06. The minimum atomic E-state index is -1.33. The number of carbonyl (C=O) groups is 2. The van der Waals surface area contributed by atoms with Crippen LogP contribution >= 0.6 is 0 Å². The van der Waals surface area contributed by atoms with Crippen molar-refractivity contribution in [2.45, 2.75) is 18.9 Å². The Morgan fingerprint density at radius 3 is 2.83 bits per heavy atom. The quantitative estimate of drug-likeness (QED) is 0.770. The van der Waals surface area contributed by atoms with Crippen LogP contribution in [-0.2, 0) is 4.79 Å². The van der Waals surface area contributed by atoms with E-state index in [-0.39, 0.29) is 18.9 Å². The standard InChI is InChI=1S/C12H15N3O3/c1-8-9(3-2-5-14-8)10(16)15-6-4-12(13,7-15)11(17)18/h2-3,5H,4,6-7,13H2,1H3,(H,17,18). The van der Waals surface area contributed by atoms with Gasteiger partial charge in [-0.3, -0.25) is 14.6 Å². The molecule has 0 bridgehead atoms. The molecule has 0 aromatic carbocycles. The molecule has 1 fully saturated rings. The largest absolute Gasteiger partial charge is 0.480 e. The number of carboxylic acid groups (broad SMARTS) is 1. The van der Waals surface area contributed by atoms with Crippen LogP contribution in [0, 0.1) is 6.92 Å². The molecule has 0 radical (unpaired) electrons. The number of carboxylic acids is 1. The highest BCUT2D eigenvalue weighted by molar-refractivity contribution is 5.96. The summed E-state index contributed by atoms with van der Waals surface area (Å²) in [5.41, 5.74) is 5.53. The van der Waals surface area contributed by atoms with Crippen LogP contribution in [0.25, 0.3) is 0 Å². The molecule has 1 aliphatic rings. The van der Waals surface area contributed by atoms with Crippen LogP contribution in [0.15, 0.2) is 18.3 Å². The first kappa shape index (κ1) is 12.5. The van der Waals surface area contributed by atoms with Crippen molar-refractivity contribution in [2.24, 2.45) is 5.73 Å². The van der Waals surface area contributed by atoms with Gasteiger partial charge in [-0.05, 0) is 25.5 Å². The maximum absolute atomic E-state index is 12.2. The van der Waals surface area contributed by atoms with Crippen molar-refractivity contribution in [1.29, 1.82) is 0 Å². The highest BCUT2D eigenvalue weighted by Gasteiger charge is 2.43. The lowest BCUT2D eigenvalue weighted by Crippen LogP contribution is -2.50. The second-order valence-electron chi connectivity index (χ2n) is 4.57. The Kier molecular flexibility index (Phi) is 3.04.